The molecule has 0 amide bonds. The van der Waals surface area contributed by atoms with Gasteiger partial charge in [0, 0.05) is 37.6 Å². The van der Waals surface area contributed by atoms with Crippen molar-refractivity contribution in [1.29, 1.82) is 0 Å². The van der Waals surface area contributed by atoms with Crippen molar-refractivity contribution >= 4 is 5.69 Å². The van der Waals surface area contributed by atoms with Gasteiger partial charge < -0.3 is 5.32 Å². The van der Waals surface area contributed by atoms with Crippen LogP contribution in [-0.2, 0) is 13.5 Å². The van der Waals surface area contributed by atoms with Gasteiger partial charge in [0.05, 0.1) is 0 Å². The molecule has 3 heteroatoms. The summed E-state index contributed by atoms with van der Waals surface area (Å²) in [6, 6.07) is 12.3. The first-order chi connectivity index (χ1) is 7.36. The van der Waals surface area contributed by atoms with Gasteiger partial charge in [0.25, 0.3) is 0 Å². The Balaban J connectivity index is 1.83. The highest BCUT2D eigenvalue weighted by molar-refractivity contribution is 5.42. The molecule has 0 atom stereocenters. The monoisotopic (exact) mass is 201 g/mol. The van der Waals surface area contributed by atoms with Gasteiger partial charge in [-0.15, -0.1) is 0 Å². The number of aromatic nitrogens is 2. The van der Waals surface area contributed by atoms with E-state index in [1.165, 1.54) is 11.4 Å². The maximum Gasteiger partial charge on any atom is 0.0492 e. The summed E-state index contributed by atoms with van der Waals surface area (Å²) in [5, 5.41) is 7.50. The quantitative estimate of drug-likeness (QED) is 0.820. The van der Waals surface area contributed by atoms with Crippen LogP contribution in [0.15, 0.2) is 42.6 Å². The molecule has 2 rings (SSSR count). The Morgan fingerprint density at radius 3 is 2.67 bits per heavy atom. The van der Waals surface area contributed by atoms with Gasteiger partial charge in [-0.3, -0.25) is 4.68 Å². The highest BCUT2D eigenvalue weighted by atomic mass is 15.3. The molecule has 0 aliphatic rings. The van der Waals surface area contributed by atoms with Crippen LogP contribution in [0.5, 0.6) is 0 Å². The van der Waals surface area contributed by atoms with Gasteiger partial charge in [0.2, 0.25) is 0 Å². The third kappa shape index (κ3) is 2.59. The van der Waals surface area contributed by atoms with Crippen molar-refractivity contribution in [2.24, 2.45) is 7.05 Å². The summed E-state index contributed by atoms with van der Waals surface area (Å²) in [4.78, 5) is 0. The SMILES string of the molecule is Cn1nccc1CCNc1ccccc1. The molecule has 78 valence electrons. The first-order valence-electron chi connectivity index (χ1n) is 5.12. The van der Waals surface area contributed by atoms with Crippen molar-refractivity contribution < 1.29 is 0 Å². The molecule has 0 aliphatic carbocycles. The van der Waals surface area contributed by atoms with E-state index < -0.39 is 0 Å². The second kappa shape index (κ2) is 4.64. The van der Waals surface area contributed by atoms with E-state index in [0.29, 0.717) is 0 Å². The zero-order chi connectivity index (χ0) is 10.5. The van der Waals surface area contributed by atoms with Gasteiger partial charge in [-0.05, 0) is 18.2 Å². The van der Waals surface area contributed by atoms with E-state index >= 15 is 0 Å². The number of benzene rings is 1. The Hall–Kier alpha value is -1.77. The lowest BCUT2D eigenvalue weighted by Gasteiger charge is -2.05. The molecule has 1 aromatic carbocycles. The molecule has 0 saturated carbocycles. The molecule has 0 aliphatic heterocycles. The van der Waals surface area contributed by atoms with E-state index in [9.17, 15) is 0 Å². The van der Waals surface area contributed by atoms with E-state index in [1.807, 2.05) is 42.2 Å². The highest BCUT2D eigenvalue weighted by Gasteiger charge is 1.97. The van der Waals surface area contributed by atoms with Crippen molar-refractivity contribution in [2.75, 3.05) is 11.9 Å². The maximum absolute atomic E-state index is 4.13. The lowest BCUT2D eigenvalue weighted by atomic mass is 10.3. The smallest absolute Gasteiger partial charge is 0.0492 e. The summed E-state index contributed by atoms with van der Waals surface area (Å²) in [5.41, 5.74) is 2.41. The standard InChI is InChI=1S/C12H15N3/c1-15-12(8-10-14-15)7-9-13-11-5-3-2-4-6-11/h2-6,8,10,13H,7,9H2,1H3. The average Bonchev–Trinajstić information content (AvgIpc) is 2.66. The van der Waals surface area contributed by atoms with Crippen LogP contribution in [0.25, 0.3) is 0 Å². The molecule has 0 saturated heterocycles. The topological polar surface area (TPSA) is 29.9 Å². The van der Waals surface area contributed by atoms with Gasteiger partial charge >= 0.3 is 0 Å². The van der Waals surface area contributed by atoms with Crippen LogP contribution in [-0.4, -0.2) is 16.3 Å². The molecule has 0 spiro atoms. The Bertz CT molecular complexity index is 406. The molecule has 2 aromatic rings. The summed E-state index contributed by atoms with van der Waals surface area (Å²) in [7, 11) is 1.97. The van der Waals surface area contributed by atoms with Crippen LogP contribution in [0, 0.1) is 0 Å². The van der Waals surface area contributed by atoms with Crippen LogP contribution in [0.2, 0.25) is 0 Å². The van der Waals surface area contributed by atoms with Gasteiger partial charge in [0.15, 0.2) is 0 Å². The van der Waals surface area contributed by atoms with E-state index in [4.69, 9.17) is 0 Å². The first kappa shape index (κ1) is 9.77. The lowest BCUT2D eigenvalue weighted by molar-refractivity contribution is 0.711. The fraction of sp³-hybridized carbons (Fsp3) is 0.250. The predicted molar refractivity (Wildman–Crippen MR) is 61.8 cm³/mol. The maximum atomic E-state index is 4.13. The van der Waals surface area contributed by atoms with Gasteiger partial charge in [-0.2, -0.15) is 5.10 Å². The van der Waals surface area contributed by atoms with Crippen LogP contribution < -0.4 is 5.32 Å². The molecule has 1 aromatic heterocycles. The number of hydrogen-bond donors (Lipinski definition) is 1. The number of aryl methyl sites for hydroxylation is 1. The molecule has 0 radical (unpaired) electrons. The number of rotatable bonds is 4. The van der Waals surface area contributed by atoms with Crippen LogP contribution in [0.4, 0.5) is 5.69 Å². The van der Waals surface area contributed by atoms with E-state index in [1.54, 1.807) is 0 Å². The molecule has 0 fully saturated rings. The third-order valence-electron chi connectivity index (χ3n) is 2.41. The summed E-state index contributed by atoms with van der Waals surface area (Å²) in [5.74, 6) is 0. The largest absolute Gasteiger partial charge is 0.385 e. The molecular formula is C12H15N3. The van der Waals surface area contributed by atoms with Crippen molar-refractivity contribution in [3.8, 4) is 0 Å². The first-order valence-corrected chi connectivity index (χ1v) is 5.12. The minimum Gasteiger partial charge on any atom is -0.385 e. The zero-order valence-corrected chi connectivity index (χ0v) is 8.85. The Kier molecular flexibility index (Phi) is 3.02. The van der Waals surface area contributed by atoms with Crippen molar-refractivity contribution in [2.45, 2.75) is 6.42 Å². The molecule has 3 nitrogen and oxygen atoms in total. The summed E-state index contributed by atoms with van der Waals surface area (Å²) >= 11 is 0. The summed E-state index contributed by atoms with van der Waals surface area (Å²) < 4.78 is 1.91. The normalized spacial score (nSPS) is 10.2. The van der Waals surface area contributed by atoms with Crippen molar-refractivity contribution in [1.82, 2.24) is 9.78 Å². The van der Waals surface area contributed by atoms with Gasteiger partial charge in [-0.1, -0.05) is 18.2 Å². The fourth-order valence-electron chi connectivity index (χ4n) is 1.54. The fourth-order valence-corrected chi connectivity index (χ4v) is 1.54. The Morgan fingerprint density at radius 2 is 2.00 bits per heavy atom. The highest BCUT2D eigenvalue weighted by Crippen LogP contribution is 2.05. The molecule has 15 heavy (non-hydrogen) atoms. The van der Waals surface area contributed by atoms with Gasteiger partial charge in [0.1, 0.15) is 0 Å². The second-order valence-corrected chi connectivity index (χ2v) is 3.49. The predicted octanol–water partition coefficient (Wildman–Crippen LogP) is 2.07. The van der Waals surface area contributed by atoms with Crippen LogP contribution >= 0.6 is 0 Å². The van der Waals surface area contributed by atoms with Crippen molar-refractivity contribution in [3.63, 3.8) is 0 Å². The molecular weight excluding hydrogens is 186 g/mol. The summed E-state index contributed by atoms with van der Waals surface area (Å²) in [6.07, 6.45) is 2.82. The average molecular weight is 201 g/mol. The number of para-hydroxylation sites is 1. The summed E-state index contributed by atoms with van der Waals surface area (Å²) in [6.45, 7) is 0.934. The second-order valence-electron chi connectivity index (χ2n) is 3.49. The number of hydrogen-bond acceptors (Lipinski definition) is 2. The Labute approximate surface area is 89.7 Å². The minimum atomic E-state index is 0.934. The van der Waals surface area contributed by atoms with E-state index in [2.05, 4.69) is 22.5 Å². The van der Waals surface area contributed by atoms with E-state index in [-0.39, 0.29) is 0 Å². The molecule has 0 unspecified atom stereocenters. The van der Waals surface area contributed by atoms with Crippen LogP contribution in [0.1, 0.15) is 5.69 Å². The van der Waals surface area contributed by atoms with Gasteiger partial charge in [-0.25, -0.2) is 0 Å². The molecule has 1 heterocycles. The molecule has 0 bridgehead atoms. The lowest BCUT2D eigenvalue weighted by Crippen LogP contribution is -2.08. The Morgan fingerprint density at radius 1 is 1.20 bits per heavy atom. The van der Waals surface area contributed by atoms with Crippen molar-refractivity contribution in [3.05, 3.63) is 48.3 Å². The number of nitrogens with zero attached hydrogens (tertiary/aromatic N) is 2. The minimum absolute atomic E-state index is 0.934. The number of anilines is 1. The van der Waals surface area contributed by atoms with Crippen LogP contribution in [0.3, 0.4) is 0 Å². The third-order valence-corrected chi connectivity index (χ3v) is 2.41. The zero-order valence-electron chi connectivity index (χ0n) is 8.85. The molecule has 1 N–H and O–H groups in total. The number of nitrogens with one attached hydrogen (secondary N) is 1. The van der Waals surface area contributed by atoms with E-state index in [0.717, 1.165) is 13.0 Å².